The van der Waals surface area contributed by atoms with Crippen molar-refractivity contribution in [2.75, 3.05) is 0 Å². The van der Waals surface area contributed by atoms with Gasteiger partial charge in [-0.05, 0) is 37.3 Å². The van der Waals surface area contributed by atoms with Crippen LogP contribution in [0.2, 0.25) is 0 Å². The highest BCUT2D eigenvalue weighted by atomic mass is 16.4. The van der Waals surface area contributed by atoms with E-state index in [1.165, 1.54) is 0 Å². The van der Waals surface area contributed by atoms with Gasteiger partial charge in [0.2, 0.25) is 5.91 Å². The number of aryl methyl sites for hydroxylation is 2. The summed E-state index contributed by atoms with van der Waals surface area (Å²) in [6.45, 7) is 11.6. The fraction of sp³-hybridized carbons (Fsp3) is 0.435. The van der Waals surface area contributed by atoms with E-state index >= 15 is 0 Å². The van der Waals surface area contributed by atoms with Crippen molar-refractivity contribution < 1.29 is 23.5 Å². The van der Waals surface area contributed by atoms with E-state index in [-0.39, 0.29) is 23.8 Å². The van der Waals surface area contributed by atoms with Crippen LogP contribution in [0.25, 0.3) is 21.9 Å². The van der Waals surface area contributed by atoms with Crippen molar-refractivity contribution in [1.29, 1.82) is 0 Å². The average Bonchev–Trinajstić information content (AvgIpc) is 3.09. The first-order valence-electron chi connectivity index (χ1n) is 9.95. The summed E-state index contributed by atoms with van der Waals surface area (Å²) in [5.41, 5.74) is 3.00. The molecule has 0 aliphatic carbocycles. The standard InChI is InChI=1S/C23H27NO6/c1-7-17(21(26)27)24-18(25)9-14-11(2)13-8-15-16(23(4,5)6)10-29-19(15)12(3)20(13)30-22(14)28/h8,10,17H,7,9H2,1-6H3,(H,24,25)(H,26,27). The molecule has 0 aliphatic heterocycles. The number of carbonyl (C=O) groups excluding carboxylic acids is 1. The fourth-order valence-corrected chi connectivity index (χ4v) is 3.73. The number of furan rings is 1. The van der Waals surface area contributed by atoms with Crippen molar-refractivity contribution in [1.82, 2.24) is 5.32 Å². The molecular weight excluding hydrogens is 386 g/mol. The molecule has 0 radical (unpaired) electrons. The Balaban J connectivity index is 2.13. The SMILES string of the molecule is CCC(NC(=O)Cc1c(C)c2cc3c(C(C)(C)C)coc3c(C)c2oc1=O)C(=O)O. The van der Waals surface area contributed by atoms with Crippen molar-refractivity contribution in [3.63, 3.8) is 0 Å². The van der Waals surface area contributed by atoms with E-state index in [1.54, 1.807) is 20.1 Å². The Morgan fingerprint density at radius 1 is 1.13 bits per heavy atom. The van der Waals surface area contributed by atoms with E-state index in [9.17, 15) is 14.4 Å². The van der Waals surface area contributed by atoms with Crippen molar-refractivity contribution in [3.05, 3.63) is 45.0 Å². The van der Waals surface area contributed by atoms with E-state index in [0.29, 0.717) is 16.7 Å². The van der Waals surface area contributed by atoms with Gasteiger partial charge in [0, 0.05) is 21.9 Å². The molecular formula is C23H27NO6. The largest absolute Gasteiger partial charge is 0.480 e. The van der Waals surface area contributed by atoms with Gasteiger partial charge in [0.1, 0.15) is 17.2 Å². The molecule has 1 amide bonds. The molecule has 7 heteroatoms. The molecule has 2 aromatic heterocycles. The lowest BCUT2D eigenvalue weighted by Crippen LogP contribution is -2.41. The number of carbonyl (C=O) groups is 2. The maximum absolute atomic E-state index is 12.6. The van der Waals surface area contributed by atoms with Crippen LogP contribution in [0, 0.1) is 13.8 Å². The highest BCUT2D eigenvalue weighted by Crippen LogP contribution is 2.37. The number of fused-ring (bicyclic) bond motifs is 2. The average molecular weight is 413 g/mol. The van der Waals surface area contributed by atoms with Gasteiger partial charge in [0.15, 0.2) is 0 Å². The minimum absolute atomic E-state index is 0.135. The molecule has 0 saturated heterocycles. The lowest BCUT2D eigenvalue weighted by molar-refractivity contribution is -0.141. The molecule has 2 N–H and O–H groups in total. The molecule has 160 valence electrons. The van der Waals surface area contributed by atoms with Crippen LogP contribution < -0.4 is 10.9 Å². The van der Waals surface area contributed by atoms with Gasteiger partial charge in [-0.15, -0.1) is 0 Å². The lowest BCUT2D eigenvalue weighted by atomic mass is 9.86. The van der Waals surface area contributed by atoms with Crippen LogP contribution in [-0.4, -0.2) is 23.0 Å². The third kappa shape index (κ3) is 3.72. The highest BCUT2D eigenvalue weighted by molar-refractivity contribution is 6.00. The van der Waals surface area contributed by atoms with Gasteiger partial charge in [-0.2, -0.15) is 0 Å². The van der Waals surface area contributed by atoms with Crippen molar-refractivity contribution in [2.45, 2.75) is 65.8 Å². The zero-order chi connectivity index (χ0) is 22.4. The van der Waals surface area contributed by atoms with E-state index in [2.05, 4.69) is 26.1 Å². The van der Waals surface area contributed by atoms with Crippen LogP contribution >= 0.6 is 0 Å². The van der Waals surface area contributed by atoms with Crippen LogP contribution in [0.1, 0.15) is 56.4 Å². The summed E-state index contributed by atoms with van der Waals surface area (Å²) in [6.07, 6.45) is 1.73. The van der Waals surface area contributed by atoms with Crippen LogP contribution in [0.3, 0.4) is 0 Å². The number of carboxylic acids is 1. The predicted octanol–water partition coefficient (Wildman–Crippen LogP) is 3.98. The van der Waals surface area contributed by atoms with Gasteiger partial charge < -0.3 is 19.3 Å². The Morgan fingerprint density at radius 3 is 2.37 bits per heavy atom. The molecule has 0 spiro atoms. The molecule has 0 bridgehead atoms. The fourth-order valence-electron chi connectivity index (χ4n) is 3.73. The molecule has 7 nitrogen and oxygen atoms in total. The minimum Gasteiger partial charge on any atom is -0.480 e. The molecule has 0 fully saturated rings. The second-order valence-corrected chi connectivity index (χ2v) is 8.69. The maximum atomic E-state index is 12.6. The Bertz CT molecular complexity index is 1210. The molecule has 3 rings (SSSR count). The second kappa shape index (κ2) is 7.63. The number of benzene rings is 1. The Labute approximate surface area is 174 Å². The lowest BCUT2D eigenvalue weighted by Gasteiger charge is -2.17. The molecule has 0 saturated carbocycles. The summed E-state index contributed by atoms with van der Waals surface area (Å²) in [5.74, 6) is -1.64. The number of nitrogens with one attached hydrogen (secondary N) is 1. The van der Waals surface area contributed by atoms with Crippen molar-refractivity contribution in [2.24, 2.45) is 0 Å². The summed E-state index contributed by atoms with van der Waals surface area (Å²) < 4.78 is 11.4. The quantitative estimate of drug-likeness (QED) is 0.613. The number of rotatable bonds is 5. The third-order valence-electron chi connectivity index (χ3n) is 5.53. The molecule has 0 aliphatic rings. The van der Waals surface area contributed by atoms with Crippen LogP contribution in [0.4, 0.5) is 0 Å². The first kappa shape index (κ1) is 21.6. The minimum atomic E-state index is -1.11. The van der Waals surface area contributed by atoms with Gasteiger partial charge in [-0.3, -0.25) is 4.79 Å². The molecule has 30 heavy (non-hydrogen) atoms. The van der Waals surface area contributed by atoms with Gasteiger partial charge in [0.25, 0.3) is 0 Å². The first-order valence-corrected chi connectivity index (χ1v) is 9.95. The Morgan fingerprint density at radius 2 is 1.80 bits per heavy atom. The smallest absolute Gasteiger partial charge is 0.340 e. The monoisotopic (exact) mass is 413 g/mol. The van der Waals surface area contributed by atoms with Gasteiger partial charge in [-0.25, -0.2) is 9.59 Å². The van der Waals surface area contributed by atoms with Crippen molar-refractivity contribution in [3.8, 4) is 0 Å². The highest BCUT2D eigenvalue weighted by Gasteiger charge is 2.25. The number of hydrogen-bond donors (Lipinski definition) is 2. The van der Waals surface area contributed by atoms with Crippen molar-refractivity contribution >= 4 is 33.8 Å². The third-order valence-corrected chi connectivity index (χ3v) is 5.53. The Kier molecular flexibility index (Phi) is 5.50. The summed E-state index contributed by atoms with van der Waals surface area (Å²) >= 11 is 0. The molecule has 1 unspecified atom stereocenters. The molecule has 3 aromatic rings. The van der Waals surface area contributed by atoms with E-state index in [0.717, 1.165) is 21.9 Å². The predicted molar refractivity (Wildman–Crippen MR) is 114 cm³/mol. The van der Waals surface area contributed by atoms with Crippen LogP contribution in [0.5, 0.6) is 0 Å². The van der Waals surface area contributed by atoms with Gasteiger partial charge in [0.05, 0.1) is 18.2 Å². The van der Waals surface area contributed by atoms with Gasteiger partial charge in [-0.1, -0.05) is 27.7 Å². The van der Waals surface area contributed by atoms with E-state index < -0.39 is 23.5 Å². The normalized spacial score (nSPS) is 13.0. The second-order valence-electron chi connectivity index (χ2n) is 8.69. The summed E-state index contributed by atoms with van der Waals surface area (Å²) in [6, 6.07) is 0.945. The summed E-state index contributed by atoms with van der Waals surface area (Å²) in [4.78, 5) is 36.2. The number of hydrogen-bond acceptors (Lipinski definition) is 5. The zero-order valence-electron chi connectivity index (χ0n) is 18.1. The number of aliphatic carboxylic acids is 1. The molecule has 1 atom stereocenters. The number of amides is 1. The molecule has 1 aromatic carbocycles. The van der Waals surface area contributed by atoms with Crippen LogP contribution in [0.15, 0.2) is 26.0 Å². The summed E-state index contributed by atoms with van der Waals surface area (Å²) in [5, 5.41) is 13.3. The topological polar surface area (TPSA) is 110 Å². The van der Waals surface area contributed by atoms with Crippen LogP contribution in [-0.2, 0) is 21.4 Å². The number of carboxylic acid groups (broad SMARTS) is 1. The molecule has 2 heterocycles. The van der Waals surface area contributed by atoms with Gasteiger partial charge >= 0.3 is 11.6 Å². The van der Waals surface area contributed by atoms with E-state index in [1.807, 2.05) is 13.0 Å². The first-order chi connectivity index (χ1) is 14.0. The van der Waals surface area contributed by atoms with E-state index in [4.69, 9.17) is 13.9 Å². The Hall–Kier alpha value is -3.09. The zero-order valence-corrected chi connectivity index (χ0v) is 18.1. The summed E-state index contributed by atoms with van der Waals surface area (Å²) in [7, 11) is 0. The maximum Gasteiger partial charge on any atom is 0.340 e.